The molecular weight excluding hydrogens is 639 g/mol. The number of aromatic nitrogens is 3. The normalized spacial score (nSPS) is 11.8. The molecule has 0 spiro atoms. The highest BCUT2D eigenvalue weighted by Gasteiger charge is 2.19. The van der Waals surface area contributed by atoms with Gasteiger partial charge in [-0.05, 0) is 63.7 Å². The summed E-state index contributed by atoms with van der Waals surface area (Å²) in [4.78, 5) is 15.2. The van der Waals surface area contributed by atoms with Crippen LogP contribution in [0.15, 0.2) is 173 Å². The maximum absolute atomic E-state index is 6.48. The van der Waals surface area contributed by atoms with Crippen molar-refractivity contribution in [1.82, 2.24) is 15.0 Å². The van der Waals surface area contributed by atoms with Crippen molar-refractivity contribution in [1.29, 1.82) is 0 Å². The molecule has 0 aliphatic carbocycles. The molecule has 0 saturated carbocycles. The lowest BCUT2D eigenvalue weighted by molar-refractivity contribution is 0.669. The first kappa shape index (κ1) is 28.7. The lowest BCUT2D eigenvalue weighted by atomic mass is 9.96. The molecule has 52 heavy (non-hydrogen) atoms. The predicted molar refractivity (Wildman–Crippen MR) is 211 cm³/mol. The zero-order chi connectivity index (χ0) is 34.2. The Bertz CT molecular complexity index is 3190. The summed E-state index contributed by atoms with van der Waals surface area (Å²) in [6.45, 7) is 0. The number of fused-ring (bicyclic) bond motifs is 9. The fraction of sp³-hybridized carbons (Fsp3) is 0. The number of hydrogen-bond donors (Lipinski definition) is 0. The van der Waals surface area contributed by atoms with E-state index in [4.69, 9.17) is 23.8 Å². The van der Waals surface area contributed by atoms with E-state index in [1.165, 1.54) is 5.39 Å². The minimum absolute atomic E-state index is 0.602. The Balaban J connectivity index is 1.05. The Morgan fingerprint density at radius 3 is 1.77 bits per heavy atom. The Kier molecular flexibility index (Phi) is 6.18. The molecule has 0 N–H and O–H groups in total. The maximum atomic E-state index is 6.48. The number of rotatable bonds is 4. The van der Waals surface area contributed by atoms with Gasteiger partial charge in [0.15, 0.2) is 17.5 Å². The lowest BCUT2D eigenvalue weighted by Gasteiger charge is -2.10. The third kappa shape index (κ3) is 4.46. The number of furan rings is 2. The van der Waals surface area contributed by atoms with Crippen molar-refractivity contribution in [3.63, 3.8) is 0 Å². The summed E-state index contributed by atoms with van der Waals surface area (Å²) < 4.78 is 12.7. The number of hydrogen-bond acceptors (Lipinski definition) is 5. The van der Waals surface area contributed by atoms with Gasteiger partial charge in [0, 0.05) is 43.6 Å². The van der Waals surface area contributed by atoms with Crippen LogP contribution in [0.2, 0.25) is 0 Å². The van der Waals surface area contributed by atoms with Crippen LogP contribution in [0, 0.1) is 0 Å². The molecule has 8 aromatic carbocycles. The van der Waals surface area contributed by atoms with Crippen LogP contribution >= 0.6 is 0 Å². The van der Waals surface area contributed by atoms with Crippen molar-refractivity contribution in [2.75, 3.05) is 0 Å². The third-order valence-corrected chi connectivity index (χ3v) is 10.1. The average Bonchev–Trinajstić information content (AvgIpc) is 3.80. The van der Waals surface area contributed by atoms with Gasteiger partial charge in [0.1, 0.15) is 22.3 Å². The SMILES string of the molecule is c1ccc(-c2nc(-c3ccc4cc(-c5cccc6oc7c8ccccc8ccc7c56)ccc4c3)nc(-c3cccc4oc5ccccc5c34)n2)cc1. The van der Waals surface area contributed by atoms with Gasteiger partial charge in [0.05, 0.1) is 0 Å². The van der Waals surface area contributed by atoms with Crippen LogP contribution in [0.1, 0.15) is 0 Å². The van der Waals surface area contributed by atoms with Gasteiger partial charge in [0.2, 0.25) is 0 Å². The molecule has 0 aliphatic rings. The average molecular weight is 666 g/mol. The molecule has 0 aliphatic heterocycles. The minimum Gasteiger partial charge on any atom is -0.456 e. The van der Waals surface area contributed by atoms with Crippen molar-refractivity contribution < 1.29 is 8.83 Å². The van der Waals surface area contributed by atoms with Gasteiger partial charge in [-0.2, -0.15) is 0 Å². The summed E-state index contributed by atoms with van der Waals surface area (Å²) in [5.41, 5.74) is 8.48. The highest BCUT2D eigenvalue weighted by Crippen LogP contribution is 2.41. The summed E-state index contributed by atoms with van der Waals surface area (Å²) in [7, 11) is 0. The second kappa shape index (κ2) is 11.2. The van der Waals surface area contributed by atoms with E-state index in [-0.39, 0.29) is 0 Å². The van der Waals surface area contributed by atoms with E-state index < -0.39 is 0 Å². The molecule has 11 rings (SSSR count). The smallest absolute Gasteiger partial charge is 0.164 e. The quantitative estimate of drug-likeness (QED) is 0.187. The number of para-hydroxylation sites is 1. The van der Waals surface area contributed by atoms with Crippen LogP contribution in [0.25, 0.3) is 111 Å². The molecule has 0 fully saturated rings. The Labute approximate surface area is 297 Å². The van der Waals surface area contributed by atoms with Crippen LogP contribution in [0.4, 0.5) is 0 Å². The molecule has 5 nitrogen and oxygen atoms in total. The Hall–Kier alpha value is -7.11. The van der Waals surface area contributed by atoms with E-state index in [1.54, 1.807) is 0 Å². The van der Waals surface area contributed by atoms with Crippen molar-refractivity contribution >= 4 is 65.4 Å². The van der Waals surface area contributed by atoms with Crippen molar-refractivity contribution in [2.24, 2.45) is 0 Å². The summed E-state index contributed by atoms with van der Waals surface area (Å²) in [6, 6.07) is 56.4. The van der Waals surface area contributed by atoms with Crippen molar-refractivity contribution in [2.45, 2.75) is 0 Å². The van der Waals surface area contributed by atoms with E-state index in [1.807, 2.05) is 60.7 Å². The Morgan fingerprint density at radius 2 is 0.923 bits per heavy atom. The standard InChI is InChI=1S/C47H27N3O2/c1-2-11-29(12-3-1)45-48-46(50-47(49-45)38-16-9-18-40-43(38)36-14-6-7-17-39(36)51-40)33-23-21-30-26-32(22-20-31(30)27-33)34-15-8-19-41-42(34)37-25-24-28-10-4-5-13-35(28)44(37)52-41/h1-27H. The molecular formula is C47H27N3O2. The zero-order valence-electron chi connectivity index (χ0n) is 27.7. The van der Waals surface area contributed by atoms with E-state index in [0.29, 0.717) is 17.5 Å². The largest absolute Gasteiger partial charge is 0.456 e. The van der Waals surface area contributed by atoms with E-state index in [0.717, 1.165) is 87.9 Å². The topological polar surface area (TPSA) is 65.0 Å². The van der Waals surface area contributed by atoms with Gasteiger partial charge in [-0.3, -0.25) is 0 Å². The fourth-order valence-electron chi connectivity index (χ4n) is 7.65. The monoisotopic (exact) mass is 665 g/mol. The molecule has 11 aromatic rings. The fourth-order valence-corrected chi connectivity index (χ4v) is 7.65. The summed E-state index contributed by atoms with van der Waals surface area (Å²) in [5.74, 6) is 1.83. The first-order chi connectivity index (χ1) is 25.7. The molecule has 0 atom stereocenters. The van der Waals surface area contributed by atoms with E-state index >= 15 is 0 Å². The van der Waals surface area contributed by atoms with Gasteiger partial charge >= 0.3 is 0 Å². The molecule has 0 saturated heterocycles. The van der Waals surface area contributed by atoms with E-state index in [2.05, 4.69) is 103 Å². The lowest BCUT2D eigenvalue weighted by Crippen LogP contribution is -2.00. The maximum Gasteiger partial charge on any atom is 0.164 e. The van der Waals surface area contributed by atoms with Gasteiger partial charge in [0.25, 0.3) is 0 Å². The minimum atomic E-state index is 0.602. The third-order valence-electron chi connectivity index (χ3n) is 10.1. The molecule has 0 amide bonds. The van der Waals surface area contributed by atoms with Crippen LogP contribution < -0.4 is 0 Å². The van der Waals surface area contributed by atoms with Crippen molar-refractivity contribution in [3.05, 3.63) is 164 Å². The summed E-state index contributed by atoms with van der Waals surface area (Å²) in [6.07, 6.45) is 0. The van der Waals surface area contributed by atoms with Crippen LogP contribution in [-0.4, -0.2) is 15.0 Å². The first-order valence-electron chi connectivity index (χ1n) is 17.3. The number of benzene rings is 8. The van der Waals surface area contributed by atoms with Crippen LogP contribution in [0.3, 0.4) is 0 Å². The molecule has 0 radical (unpaired) electrons. The Morgan fingerprint density at radius 1 is 0.327 bits per heavy atom. The molecule has 242 valence electrons. The van der Waals surface area contributed by atoms with Crippen LogP contribution in [-0.2, 0) is 0 Å². The number of nitrogens with zero attached hydrogens (tertiary/aromatic N) is 3. The van der Waals surface area contributed by atoms with Crippen molar-refractivity contribution in [3.8, 4) is 45.3 Å². The zero-order valence-corrected chi connectivity index (χ0v) is 27.7. The summed E-state index contributed by atoms with van der Waals surface area (Å²) in [5, 5.41) is 8.81. The molecule has 0 bridgehead atoms. The van der Waals surface area contributed by atoms with Gasteiger partial charge in [-0.25, -0.2) is 15.0 Å². The first-order valence-corrected chi connectivity index (χ1v) is 17.3. The second-order valence-electron chi connectivity index (χ2n) is 13.2. The molecule has 5 heteroatoms. The van der Waals surface area contributed by atoms with Gasteiger partial charge in [-0.15, -0.1) is 0 Å². The summed E-state index contributed by atoms with van der Waals surface area (Å²) >= 11 is 0. The molecule has 3 heterocycles. The molecule has 0 unspecified atom stereocenters. The van der Waals surface area contributed by atoms with Gasteiger partial charge < -0.3 is 8.83 Å². The highest BCUT2D eigenvalue weighted by atomic mass is 16.3. The van der Waals surface area contributed by atoms with E-state index in [9.17, 15) is 0 Å². The highest BCUT2D eigenvalue weighted by molar-refractivity contribution is 6.19. The van der Waals surface area contributed by atoms with Gasteiger partial charge in [-0.1, -0.05) is 127 Å². The second-order valence-corrected chi connectivity index (χ2v) is 13.2. The molecule has 3 aromatic heterocycles. The predicted octanol–water partition coefficient (Wildman–Crippen LogP) is 12.6. The van der Waals surface area contributed by atoms with Crippen LogP contribution in [0.5, 0.6) is 0 Å².